The second-order valence-electron chi connectivity index (χ2n) is 14.0. The Morgan fingerprint density at radius 1 is 1.06 bits per heavy atom. The van der Waals surface area contributed by atoms with Crippen molar-refractivity contribution in [3.63, 3.8) is 0 Å². The maximum atomic E-state index is 16.0. The number of ether oxygens (including phenoxy) is 3. The first-order valence-electron chi connectivity index (χ1n) is 17.3. The summed E-state index contributed by atoms with van der Waals surface area (Å²) in [6.45, 7) is 7.94. The van der Waals surface area contributed by atoms with E-state index in [0.717, 1.165) is 63.2 Å². The molecule has 1 saturated carbocycles. The number of morpholine rings is 1. The third kappa shape index (κ3) is 7.26. The zero-order valence-electron chi connectivity index (χ0n) is 27.7. The van der Waals surface area contributed by atoms with Crippen molar-refractivity contribution in [3.05, 3.63) is 78.1 Å². The second-order valence-corrected chi connectivity index (χ2v) is 14.0. The number of anilines is 2. The predicted molar refractivity (Wildman–Crippen MR) is 181 cm³/mol. The van der Waals surface area contributed by atoms with E-state index < -0.39 is 12.3 Å². The highest BCUT2D eigenvalue weighted by Gasteiger charge is 2.54. The van der Waals surface area contributed by atoms with Gasteiger partial charge in [0.25, 0.3) is 0 Å². The van der Waals surface area contributed by atoms with Crippen molar-refractivity contribution >= 4 is 11.5 Å². The quantitative estimate of drug-likeness (QED) is 0.329. The van der Waals surface area contributed by atoms with Crippen LogP contribution in [0, 0.1) is 11.8 Å². The molecule has 252 valence electrons. The maximum absolute atomic E-state index is 16.0. The van der Waals surface area contributed by atoms with Gasteiger partial charge < -0.3 is 24.8 Å². The number of halogens is 1. The lowest BCUT2D eigenvalue weighted by molar-refractivity contribution is -0.223. The van der Waals surface area contributed by atoms with Crippen LogP contribution in [-0.2, 0) is 22.6 Å². The predicted octanol–water partition coefficient (Wildman–Crippen LogP) is 4.96. The summed E-state index contributed by atoms with van der Waals surface area (Å²) in [4.78, 5) is 16.5. The van der Waals surface area contributed by atoms with Gasteiger partial charge in [0, 0.05) is 63.1 Å². The molecular weight excluding hydrogens is 595 g/mol. The van der Waals surface area contributed by atoms with E-state index >= 15 is 4.39 Å². The van der Waals surface area contributed by atoms with Crippen molar-refractivity contribution in [2.45, 2.75) is 82.3 Å². The highest BCUT2D eigenvalue weighted by molar-refractivity contribution is 5.48. The van der Waals surface area contributed by atoms with Gasteiger partial charge in [0.15, 0.2) is 0 Å². The Morgan fingerprint density at radius 3 is 2.74 bits per heavy atom. The number of alkyl halides is 1. The topological polar surface area (TPSA) is 89.2 Å². The van der Waals surface area contributed by atoms with E-state index in [1.165, 1.54) is 5.56 Å². The average Bonchev–Trinajstić information content (AvgIpc) is 3.10. The summed E-state index contributed by atoms with van der Waals surface area (Å²) < 4.78 is 34.2. The van der Waals surface area contributed by atoms with Gasteiger partial charge in [0.05, 0.1) is 32.2 Å². The number of rotatable bonds is 10. The molecule has 0 spiro atoms. The third-order valence-electron chi connectivity index (χ3n) is 10.8. The number of piperidine rings is 2. The lowest BCUT2D eigenvalue weighted by Gasteiger charge is -2.58. The molecule has 1 aromatic carbocycles. The fourth-order valence-corrected chi connectivity index (χ4v) is 8.60. The van der Waals surface area contributed by atoms with E-state index in [9.17, 15) is 0 Å². The van der Waals surface area contributed by atoms with Gasteiger partial charge in [0.2, 0.25) is 5.88 Å². The van der Waals surface area contributed by atoms with Crippen molar-refractivity contribution in [3.8, 4) is 5.88 Å². The molecule has 1 aliphatic carbocycles. The van der Waals surface area contributed by atoms with E-state index in [1.54, 1.807) is 7.11 Å². The van der Waals surface area contributed by atoms with Crippen LogP contribution in [-0.4, -0.2) is 96.2 Å². The summed E-state index contributed by atoms with van der Waals surface area (Å²) in [5.41, 5.74) is 9.26. The molecule has 5 heterocycles. The summed E-state index contributed by atoms with van der Waals surface area (Å²) in [5.74, 6) is 1.83. The molecule has 0 amide bonds. The monoisotopic (exact) mass is 644 g/mol. The minimum absolute atomic E-state index is 0.184. The van der Waals surface area contributed by atoms with Crippen LogP contribution in [0.3, 0.4) is 0 Å². The number of aromatic nitrogens is 2. The van der Waals surface area contributed by atoms with Crippen molar-refractivity contribution in [2.24, 2.45) is 11.8 Å². The van der Waals surface area contributed by atoms with Crippen molar-refractivity contribution in [1.29, 1.82) is 0 Å². The number of benzene rings is 1. The van der Waals surface area contributed by atoms with Crippen LogP contribution >= 0.6 is 0 Å². The van der Waals surface area contributed by atoms with Crippen molar-refractivity contribution in [1.82, 2.24) is 19.8 Å². The Balaban J connectivity index is 1.09. The average molecular weight is 645 g/mol. The number of methoxy groups -OCH3 is 1. The number of nitrogen functional groups attached to an aromatic ring is 1. The van der Waals surface area contributed by atoms with Crippen LogP contribution < -0.4 is 15.4 Å². The Morgan fingerprint density at radius 2 is 1.94 bits per heavy atom. The zero-order valence-corrected chi connectivity index (χ0v) is 27.7. The van der Waals surface area contributed by atoms with Crippen LogP contribution in [0.5, 0.6) is 5.88 Å². The third-order valence-corrected chi connectivity index (χ3v) is 10.8. The summed E-state index contributed by atoms with van der Waals surface area (Å²) in [5, 5.41) is 0. The van der Waals surface area contributed by atoms with Crippen LogP contribution in [0.15, 0.2) is 67.0 Å². The van der Waals surface area contributed by atoms with Crippen molar-refractivity contribution < 1.29 is 18.6 Å². The summed E-state index contributed by atoms with van der Waals surface area (Å²) in [6.07, 6.45) is 5.64. The van der Waals surface area contributed by atoms with Gasteiger partial charge in [-0.3, -0.25) is 9.80 Å². The molecule has 3 aromatic rings. The first-order chi connectivity index (χ1) is 22.9. The molecule has 2 aromatic heterocycles. The molecule has 3 aliphatic heterocycles. The van der Waals surface area contributed by atoms with Gasteiger partial charge in [-0.1, -0.05) is 30.3 Å². The van der Waals surface area contributed by atoms with E-state index in [2.05, 4.69) is 43.7 Å². The zero-order chi connectivity index (χ0) is 32.3. The fraction of sp³-hybridized carbons (Fsp3) is 0.568. The lowest BCUT2D eigenvalue weighted by Crippen LogP contribution is -2.69. The first-order valence-corrected chi connectivity index (χ1v) is 17.3. The normalized spacial score (nSPS) is 31.0. The number of pyridine rings is 2. The van der Waals surface area contributed by atoms with Gasteiger partial charge in [-0.25, -0.2) is 14.4 Å². The van der Waals surface area contributed by atoms with Gasteiger partial charge in [-0.15, -0.1) is 0 Å². The summed E-state index contributed by atoms with van der Waals surface area (Å²) >= 11 is 0. The van der Waals surface area contributed by atoms with Crippen LogP contribution in [0.4, 0.5) is 15.9 Å². The number of nitrogens with two attached hydrogens (primary N) is 1. The molecule has 0 bridgehead atoms. The molecule has 8 atom stereocenters. The largest absolute Gasteiger partial charge is 0.481 e. The molecule has 7 unspecified atom stereocenters. The lowest BCUT2D eigenvalue weighted by atomic mass is 9.70. The van der Waals surface area contributed by atoms with Gasteiger partial charge in [-0.05, 0) is 73.8 Å². The molecule has 3 saturated heterocycles. The number of hydrogen-bond donors (Lipinski definition) is 1. The van der Waals surface area contributed by atoms with E-state index in [-0.39, 0.29) is 24.1 Å². The Labute approximate surface area is 278 Å². The van der Waals surface area contributed by atoms with E-state index in [4.69, 9.17) is 19.9 Å². The smallest absolute Gasteiger partial charge is 0.213 e. The molecule has 0 radical (unpaired) electrons. The van der Waals surface area contributed by atoms with E-state index in [1.807, 2.05) is 54.9 Å². The highest BCUT2D eigenvalue weighted by Crippen LogP contribution is 2.44. The van der Waals surface area contributed by atoms with Gasteiger partial charge in [-0.2, -0.15) is 0 Å². The Kier molecular flexibility index (Phi) is 9.91. The molecule has 4 aliphatic rings. The summed E-state index contributed by atoms with van der Waals surface area (Å²) in [6, 6.07) is 19.0. The van der Waals surface area contributed by atoms with Crippen LogP contribution in [0.1, 0.15) is 43.7 Å². The minimum Gasteiger partial charge on any atom is -0.481 e. The maximum Gasteiger partial charge on any atom is 0.213 e. The van der Waals surface area contributed by atoms with Crippen LogP contribution in [0.2, 0.25) is 0 Å². The SMILES string of the molecule is COc1cc(CN(CC2CC3CC(F)C(OCc4ccccc4)C4OCC(C)N(C2)C34)[C@H]2CCCN(c3ccc(N)nc3)C2)ccn1. The van der Waals surface area contributed by atoms with Crippen LogP contribution in [0.25, 0.3) is 0 Å². The molecule has 7 rings (SSSR count). The fourth-order valence-electron chi connectivity index (χ4n) is 8.60. The van der Waals surface area contributed by atoms with Gasteiger partial charge in [0.1, 0.15) is 24.2 Å². The standard InChI is InChI=1S/C37H49FN6O3/c1-25-23-46-37-35-29(17-32(38)36(37)47-24-26-7-4-3-5-8-26)15-28(21-44(25)35)20-43(19-27-12-13-40-34(16-27)45-2)31-9-6-14-42(22-31)30-10-11-33(39)41-18-30/h3-5,7-8,10-13,16,18,25,28-29,31-32,35-37H,6,9,14-15,17,19-24H2,1-2H3,(H2,39,41)/t25?,28?,29?,31-,32?,35?,36?,37?/m0/s1. The van der Waals surface area contributed by atoms with Crippen molar-refractivity contribution in [2.75, 3.05) is 50.5 Å². The summed E-state index contributed by atoms with van der Waals surface area (Å²) in [7, 11) is 1.67. The molecule has 2 N–H and O–H groups in total. The molecule has 47 heavy (non-hydrogen) atoms. The van der Waals surface area contributed by atoms with Gasteiger partial charge >= 0.3 is 0 Å². The molecular formula is C37H49FN6O3. The second kappa shape index (κ2) is 14.4. The number of hydrogen-bond acceptors (Lipinski definition) is 9. The minimum atomic E-state index is -1.04. The molecule has 4 fully saturated rings. The first kappa shape index (κ1) is 32.2. The highest BCUT2D eigenvalue weighted by atomic mass is 19.1. The number of nitrogens with zero attached hydrogens (tertiary/aromatic N) is 5. The molecule has 9 nitrogen and oxygen atoms in total. The Bertz CT molecular complexity index is 1450. The molecule has 10 heteroatoms. The Hall–Kier alpha value is -3.31. The van der Waals surface area contributed by atoms with E-state index in [0.29, 0.717) is 43.3 Å².